The van der Waals surface area contributed by atoms with Gasteiger partial charge in [0.15, 0.2) is 17.5 Å². The van der Waals surface area contributed by atoms with Crippen LogP contribution in [0.2, 0.25) is 0 Å². The first-order valence-corrected chi connectivity index (χ1v) is 20.4. The summed E-state index contributed by atoms with van der Waals surface area (Å²) in [6.45, 7) is 4.78. The summed E-state index contributed by atoms with van der Waals surface area (Å²) in [5, 5.41) is 12.9. The van der Waals surface area contributed by atoms with Gasteiger partial charge in [0, 0.05) is 22.1 Å². The summed E-state index contributed by atoms with van der Waals surface area (Å²) in [5.74, 6) is 1.96. The summed E-state index contributed by atoms with van der Waals surface area (Å²) in [7, 11) is 0. The Morgan fingerprint density at radius 3 is 1.51 bits per heavy atom. The van der Waals surface area contributed by atoms with Gasteiger partial charge in [-0.3, -0.25) is 0 Å². The zero-order valence-electron chi connectivity index (χ0n) is 32.7. The third-order valence-electron chi connectivity index (χ3n) is 12.7. The molecule has 0 spiro atoms. The first-order chi connectivity index (χ1) is 29.0. The van der Waals surface area contributed by atoms with Crippen molar-refractivity contribution in [3.63, 3.8) is 0 Å². The highest BCUT2D eigenvalue weighted by molar-refractivity contribution is 6.27. The molecule has 0 aliphatic heterocycles. The third kappa shape index (κ3) is 5.18. The quantitative estimate of drug-likeness (QED) is 0.168. The largest absolute Gasteiger partial charge is 0.208 e. The first kappa shape index (κ1) is 33.6. The molecule has 276 valence electrons. The molecular formula is C56H37N3. The second-order valence-electron chi connectivity index (χ2n) is 16.4. The number of hydrogen-bond donors (Lipinski definition) is 0. The molecule has 3 heteroatoms. The smallest absolute Gasteiger partial charge is 0.164 e. The minimum atomic E-state index is -0.146. The fourth-order valence-corrected chi connectivity index (χ4v) is 9.72. The Morgan fingerprint density at radius 1 is 0.305 bits per heavy atom. The molecule has 12 rings (SSSR count). The molecule has 3 nitrogen and oxygen atoms in total. The first-order valence-electron chi connectivity index (χ1n) is 20.4. The fraction of sp³-hybridized carbons (Fsp3) is 0.0536. The monoisotopic (exact) mass is 751 g/mol. The molecule has 0 saturated carbocycles. The number of hydrogen-bond acceptors (Lipinski definition) is 3. The number of nitrogens with zero attached hydrogens (tertiary/aromatic N) is 3. The lowest BCUT2D eigenvalue weighted by Gasteiger charge is -2.22. The van der Waals surface area contributed by atoms with Gasteiger partial charge in [0.05, 0.1) is 0 Å². The van der Waals surface area contributed by atoms with Gasteiger partial charge < -0.3 is 0 Å². The standard InChI is InChI=1S/C56H37N3/c1-56(2)50-29-28-43-40-21-10-9-14-34(40)24-27-45(43)52(50)49-32-47-42-23-12-11-22-41(42)46-31-38(25-26-44(46)48(47)33-51(49)56)37-19-13-20-39(30-37)55-58-53(35-15-5-3-6-16-35)57-54(59-55)36-17-7-4-8-18-36/h3-33H,1-2H3. The van der Waals surface area contributed by atoms with Crippen molar-refractivity contribution in [1.29, 1.82) is 0 Å². The maximum Gasteiger partial charge on any atom is 0.164 e. The predicted molar refractivity (Wildman–Crippen MR) is 247 cm³/mol. The summed E-state index contributed by atoms with van der Waals surface area (Å²) < 4.78 is 0. The molecule has 0 fully saturated rings. The van der Waals surface area contributed by atoms with Crippen LogP contribution in [0.25, 0.3) is 110 Å². The highest BCUT2D eigenvalue weighted by Crippen LogP contribution is 2.54. The van der Waals surface area contributed by atoms with Crippen LogP contribution in [-0.2, 0) is 5.41 Å². The van der Waals surface area contributed by atoms with Gasteiger partial charge in [-0.1, -0.05) is 178 Å². The van der Waals surface area contributed by atoms with Crippen molar-refractivity contribution in [2.45, 2.75) is 19.3 Å². The molecule has 0 radical (unpaired) electrons. The van der Waals surface area contributed by atoms with Gasteiger partial charge in [0.25, 0.3) is 0 Å². The van der Waals surface area contributed by atoms with Crippen LogP contribution < -0.4 is 0 Å². The molecule has 59 heavy (non-hydrogen) atoms. The average molecular weight is 752 g/mol. The van der Waals surface area contributed by atoms with Crippen LogP contribution in [0, 0.1) is 0 Å². The summed E-state index contributed by atoms with van der Waals surface area (Å²) in [5.41, 5.74) is 10.5. The molecule has 0 amide bonds. The van der Waals surface area contributed by atoms with Crippen LogP contribution >= 0.6 is 0 Å². The zero-order chi connectivity index (χ0) is 39.2. The topological polar surface area (TPSA) is 38.7 Å². The molecule has 1 heterocycles. The molecule has 1 aliphatic carbocycles. The van der Waals surface area contributed by atoms with Gasteiger partial charge in [-0.2, -0.15) is 0 Å². The van der Waals surface area contributed by atoms with Gasteiger partial charge in [-0.15, -0.1) is 0 Å². The summed E-state index contributed by atoms with van der Waals surface area (Å²) in [4.78, 5) is 15.0. The van der Waals surface area contributed by atoms with Crippen molar-refractivity contribution in [3.8, 4) is 56.4 Å². The third-order valence-corrected chi connectivity index (χ3v) is 12.7. The van der Waals surface area contributed by atoms with Crippen LogP contribution in [0.15, 0.2) is 188 Å². The van der Waals surface area contributed by atoms with Crippen LogP contribution in [0.5, 0.6) is 0 Å². The Bertz CT molecular complexity index is 3460. The lowest BCUT2D eigenvalue weighted by atomic mass is 9.80. The molecule has 10 aromatic carbocycles. The minimum Gasteiger partial charge on any atom is -0.208 e. The van der Waals surface area contributed by atoms with E-state index in [9.17, 15) is 0 Å². The van der Waals surface area contributed by atoms with E-state index in [4.69, 9.17) is 15.0 Å². The van der Waals surface area contributed by atoms with Crippen molar-refractivity contribution >= 4 is 53.9 Å². The van der Waals surface area contributed by atoms with Crippen LogP contribution in [-0.4, -0.2) is 15.0 Å². The Hall–Kier alpha value is -7.49. The van der Waals surface area contributed by atoms with Gasteiger partial charge in [0.2, 0.25) is 0 Å². The number of aromatic nitrogens is 3. The molecule has 1 aromatic heterocycles. The molecule has 0 N–H and O–H groups in total. The maximum atomic E-state index is 5.02. The lowest BCUT2D eigenvalue weighted by Crippen LogP contribution is -2.14. The highest BCUT2D eigenvalue weighted by Gasteiger charge is 2.37. The number of rotatable bonds is 4. The van der Waals surface area contributed by atoms with E-state index < -0.39 is 0 Å². The van der Waals surface area contributed by atoms with Crippen molar-refractivity contribution in [2.75, 3.05) is 0 Å². The SMILES string of the molecule is CC1(C)c2cc3c4ccc(-c5cccc(-c6nc(-c7ccccc7)nc(-c7ccccc7)n6)c5)cc4c4ccccc4c3cc2-c2c1ccc1c2ccc2ccccc21. The molecular weight excluding hydrogens is 715 g/mol. The van der Waals surface area contributed by atoms with E-state index in [1.807, 2.05) is 60.7 Å². The Balaban J connectivity index is 1.03. The number of fused-ring (bicyclic) bond motifs is 13. The summed E-state index contributed by atoms with van der Waals surface area (Å²) >= 11 is 0. The van der Waals surface area contributed by atoms with E-state index in [1.165, 1.54) is 76.1 Å². The fourth-order valence-electron chi connectivity index (χ4n) is 9.72. The zero-order valence-corrected chi connectivity index (χ0v) is 32.7. The van der Waals surface area contributed by atoms with E-state index in [2.05, 4.69) is 141 Å². The summed E-state index contributed by atoms with van der Waals surface area (Å²) in [6, 6.07) is 67.9. The average Bonchev–Trinajstić information content (AvgIpc) is 3.53. The van der Waals surface area contributed by atoms with E-state index in [0.29, 0.717) is 17.5 Å². The maximum absolute atomic E-state index is 5.02. The number of benzene rings is 10. The Kier molecular flexibility index (Phi) is 7.27. The van der Waals surface area contributed by atoms with E-state index >= 15 is 0 Å². The minimum absolute atomic E-state index is 0.146. The van der Waals surface area contributed by atoms with Crippen LogP contribution in [0.3, 0.4) is 0 Å². The van der Waals surface area contributed by atoms with Crippen LogP contribution in [0.1, 0.15) is 25.0 Å². The van der Waals surface area contributed by atoms with Gasteiger partial charge in [-0.05, 0) is 112 Å². The van der Waals surface area contributed by atoms with Crippen molar-refractivity contribution in [1.82, 2.24) is 15.0 Å². The lowest BCUT2D eigenvalue weighted by molar-refractivity contribution is 0.662. The van der Waals surface area contributed by atoms with Crippen molar-refractivity contribution in [2.24, 2.45) is 0 Å². The van der Waals surface area contributed by atoms with Crippen LogP contribution in [0.4, 0.5) is 0 Å². The molecule has 1 aliphatic rings. The second kappa shape index (κ2) is 12.8. The highest BCUT2D eigenvalue weighted by atomic mass is 15.0. The molecule has 0 atom stereocenters. The van der Waals surface area contributed by atoms with E-state index in [-0.39, 0.29) is 5.41 Å². The Morgan fingerprint density at radius 2 is 0.797 bits per heavy atom. The predicted octanol–water partition coefficient (Wildman–Crippen LogP) is 14.6. The van der Waals surface area contributed by atoms with Gasteiger partial charge in [0.1, 0.15) is 0 Å². The van der Waals surface area contributed by atoms with E-state index in [1.54, 1.807) is 0 Å². The van der Waals surface area contributed by atoms with Crippen molar-refractivity contribution in [3.05, 3.63) is 199 Å². The normalized spacial score (nSPS) is 13.1. The molecule has 0 unspecified atom stereocenters. The van der Waals surface area contributed by atoms with E-state index in [0.717, 1.165) is 27.8 Å². The van der Waals surface area contributed by atoms with Crippen molar-refractivity contribution < 1.29 is 0 Å². The van der Waals surface area contributed by atoms with Gasteiger partial charge in [-0.25, -0.2) is 15.0 Å². The molecule has 0 saturated heterocycles. The Labute approximate surface area is 342 Å². The molecule has 0 bridgehead atoms. The van der Waals surface area contributed by atoms with Gasteiger partial charge >= 0.3 is 0 Å². The second-order valence-corrected chi connectivity index (χ2v) is 16.4. The molecule has 11 aromatic rings. The summed E-state index contributed by atoms with van der Waals surface area (Å²) in [6.07, 6.45) is 0.